The van der Waals surface area contributed by atoms with Crippen molar-refractivity contribution in [1.29, 1.82) is 0 Å². The molecular formula is C31H36N6O4. The number of nitrogens with zero attached hydrogens (tertiary/aromatic N) is 3. The predicted octanol–water partition coefficient (Wildman–Crippen LogP) is 3.30. The second kappa shape index (κ2) is 12.8. The van der Waals surface area contributed by atoms with Crippen molar-refractivity contribution < 1.29 is 19.1 Å². The lowest BCUT2D eigenvalue weighted by atomic mass is 9.91. The minimum absolute atomic E-state index is 0.0556. The zero-order valence-electron chi connectivity index (χ0n) is 23.2. The lowest BCUT2D eigenvalue weighted by molar-refractivity contribution is 0.0746. The second-order valence-electron chi connectivity index (χ2n) is 10.5. The van der Waals surface area contributed by atoms with E-state index < -0.39 is 0 Å². The SMILES string of the molecule is COc1cccc(C(=O)Nc2cc(C(=O)NC3CCC(N)CC3)ccc2N2CCN(C(=O)c3cccnc3)CC2)c1. The second-order valence-corrected chi connectivity index (χ2v) is 10.5. The molecular weight excluding hydrogens is 520 g/mol. The summed E-state index contributed by atoms with van der Waals surface area (Å²) < 4.78 is 5.28. The summed E-state index contributed by atoms with van der Waals surface area (Å²) in [5.74, 6) is 0.0303. The van der Waals surface area contributed by atoms with Gasteiger partial charge in [-0.1, -0.05) is 6.07 Å². The summed E-state index contributed by atoms with van der Waals surface area (Å²) >= 11 is 0. The highest BCUT2D eigenvalue weighted by Gasteiger charge is 2.26. The minimum Gasteiger partial charge on any atom is -0.497 e. The van der Waals surface area contributed by atoms with Gasteiger partial charge in [-0.05, 0) is 74.2 Å². The Morgan fingerprint density at radius 1 is 0.878 bits per heavy atom. The van der Waals surface area contributed by atoms with Gasteiger partial charge in [-0.3, -0.25) is 19.4 Å². The molecule has 0 radical (unpaired) electrons. The zero-order valence-corrected chi connectivity index (χ0v) is 23.2. The molecule has 2 heterocycles. The molecule has 0 spiro atoms. The van der Waals surface area contributed by atoms with Gasteiger partial charge in [0.15, 0.2) is 0 Å². The Balaban J connectivity index is 1.35. The monoisotopic (exact) mass is 556 g/mol. The van der Waals surface area contributed by atoms with Crippen molar-refractivity contribution in [3.05, 3.63) is 83.7 Å². The molecule has 5 rings (SSSR count). The topological polar surface area (TPSA) is 130 Å². The number of ether oxygens (including phenoxy) is 1. The molecule has 0 unspecified atom stereocenters. The lowest BCUT2D eigenvalue weighted by Crippen LogP contribution is -2.49. The summed E-state index contributed by atoms with van der Waals surface area (Å²) in [6.45, 7) is 2.18. The molecule has 4 N–H and O–H groups in total. The van der Waals surface area contributed by atoms with Crippen LogP contribution >= 0.6 is 0 Å². The highest BCUT2D eigenvalue weighted by atomic mass is 16.5. The normalized spacial score (nSPS) is 18.9. The molecule has 214 valence electrons. The summed E-state index contributed by atoms with van der Waals surface area (Å²) in [6, 6.07) is 16.1. The summed E-state index contributed by atoms with van der Waals surface area (Å²) in [4.78, 5) is 47.4. The minimum atomic E-state index is -0.311. The van der Waals surface area contributed by atoms with Crippen LogP contribution in [0.2, 0.25) is 0 Å². The van der Waals surface area contributed by atoms with Crippen LogP contribution in [0, 0.1) is 0 Å². The number of anilines is 2. The third-order valence-corrected chi connectivity index (χ3v) is 7.76. The van der Waals surface area contributed by atoms with E-state index in [1.807, 2.05) is 6.07 Å². The van der Waals surface area contributed by atoms with Crippen LogP contribution in [-0.4, -0.2) is 73.0 Å². The number of pyridine rings is 1. The van der Waals surface area contributed by atoms with Gasteiger partial charge in [-0.2, -0.15) is 0 Å². The average Bonchev–Trinajstić information content (AvgIpc) is 3.02. The summed E-state index contributed by atoms with van der Waals surface area (Å²) in [6.07, 6.45) is 6.71. The molecule has 2 aromatic carbocycles. The first-order valence-corrected chi connectivity index (χ1v) is 14.0. The molecule has 1 aromatic heterocycles. The molecule has 3 amide bonds. The number of rotatable bonds is 7. The van der Waals surface area contributed by atoms with E-state index in [1.165, 1.54) is 0 Å². The van der Waals surface area contributed by atoms with Crippen molar-refractivity contribution in [2.24, 2.45) is 5.73 Å². The third-order valence-electron chi connectivity index (χ3n) is 7.76. The van der Waals surface area contributed by atoms with E-state index in [-0.39, 0.29) is 29.8 Å². The van der Waals surface area contributed by atoms with Crippen LogP contribution in [0.15, 0.2) is 67.0 Å². The first kappa shape index (κ1) is 28.1. The summed E-state index contributed by atoms with van der Waals surface area (Å²) in [7, 11) is 1.55. The van der Waals surface area contributed by atoms with Gasteiger partial charge in [-0.25, -0.2) is 0 Å². The number of amides is 3. The summed E-state index contributed by atoms with van der Waals surface area (Å²) in [5.41, 5.74) is 8.81. The average molecular weight is 557 g/mol. The number of aromatic nitrogens is 1. The van der Waals surface area contributed by atoms with Crippen LogP contribution in [0.5, 0.6) is 5.75 Å². The molecule has 0 bridgehead atoms. The van der Waals surface area contributed by atoms with E-state index in [2.05, 4.69) is 20.5 Å². The molecule has 10 heteroatoms. The number of benzene rings is 2. The first-order valence-electron chi connectivity index (χ1n) is 14.0. The molecule has 2 aliphatic rings. The van der Waals surface area contributed by atoms with Crippen LogP contribution in [0.25, 0.3) is 0 Å². The van der Waals surface area contributed by atoms with Gasteiger partial charge >= 0.3 is 0 Å². The molecule has 0 atom stereocenters. The van der Waals surface area contributed by atoms with Crippen LogP contribution in [0.1, 0.15) is 56.8 Å². The van der Waals surface area contributed by atoms with E-state index in [9.17, 15) is 14.4 Å². The first-order chi connectivity index (χ1) is 19.9. The fraction of sp³-hybridized carbons (Fsp3) is 0.355. The van der Waals surface area contributed by atoms with Crippen molar-refractivity contribution in [3.8, 4) is 5.75 Å². The quantitative estimate of drug-likeness (QED) is 0.407. The van der Waals surface area contributed by atoms with Gasteiger partial charge in [-0.15, -0.1) is 0 Å². The van der Waals surface area contributed by atoms with Crippen molar-refractivity contribution in [1.82, 2.24) is 15.2 Å². The Labute approximate surface area is 239 Å². The van der Waals surface area contributed by atoms with Gasteiger partial charge < -0.3 is 30.9 Å². The summed E-state index contributed by atoms with van der Waals surface area (Å²) in [5, 5.41) is 6.15. The number of carbonyl (C=O) groups is 3. The molecule has 3 aromatic rings. The molecule has 41 heavy (non-hydrogen) atoms. The third kappa shape index (κ3) is 6.83. The Bertz CT molecular complexity index is 1380. The van der Waals surface area contributed by atoms with Crippen molar-refractivity contribution in [2.75, 3.05) is 43.5 Å². The van der Waals surface area contributed by atoms with Crippen molar-refractivity contribution in [3.63, 3.8) is 0 Å². The van der Waals surface area contributed by atoms with E-state index in [0.29, 0.717) is 54.3 Å². The lowest BCUT2D eigenvalue weighted by Gasteiger charge is -2.37. The Hall–Kier alpha value is -4.44. The Morgan fingerprint density at radius 3 is 2.32 bits per heavy atom. The van der Waals surface area contributed by atoms with Crippen LogP contribution in [0.4, 0.5) is 11.4 Å². The van der Waals surface area contributed by atoms with Crippen LogP contribution in [0.3, 0.4) is 0 Å². The highest BCUT2D eigenvalue weighted by Crippen LogP contribution is 2.30. The largest absolute Gasteiger partial charge is 0.497 e. The van der Waals surface area contributed by atoms with Gasteiger partial charge in [0, 0.05) is 61.8 Å². The number of nitrogens with one attached hydrogen (secondary N) is 2. The van der Waals surface area contributed by atoms with Crippen LogP contribution in [-0.2, 0) is 0 Å². The number of methoxy groups -OCH3 is 1. The van der Waals surface area contributed by atoms with Gasteiger partial charge in [0.1, 0.15) is 5.75 Å². The molecule has 1 saturated carbocycles. The predicted molar refractivity (Wildman–Crippen MR) is 157 cm³/mol. The maximum absolute atomic E-state index is 13.3. The number of nitrogens with two attached hydrogens (primary N) is 1. The van der Waals surface area contributed by atoms with E-state index >= 15 is 0 Å². The Kier molecular flexibility index (Phi) is 8.79. The zero-order chi connectivity index (χ0) is 28.8. The van der Waals surface area contributed by atoms with Gasteiger partial charge in [0.05, 0.1) is 24.0 Å². The fourth-order valence-electron chi connectivity index (χ4n) is 5.37. The number of carbonyl (C=O) groups excluding carboxylic acids is 3. The van der Waals surface area contributed by atoms with E-state index in [4.69, 9.17) is 10.5 Å². The molecule has 10 nitrogen and oxygen atoms in total. The van der Waals surface area contributed by atoms with Crippen molar-refractivity contribution in [2.45, 2.75) is 37.8 Å². The maximum atomic E-state index is 13.3. The molecule has 1 aliphatic carbocycles. The van der Waals surface area contributed by atoms with Crippen LogP contribution < -0.4 is 26.0 Å². The fourth-order valence-corrected chi connectivity index (χ4v) is 5.37. The Morgan fingerprint density at radius 2 is 1.61 bits per heavy atom. The van der Waals surface area contributed by atoms with Crippen molar-refractivity contribution >= 4 is 29.1 Å². The molecule has 1 aliphatic heterocycles. The number of piperazine rings is 1. The number of hydrogen-bond acceptors (Lipinski definition) is 7. The van der Waals surface area contributed by atoms with E-state index in [0.717, 1.165) is 31.4 Å². The van der Waals surface area contributed by atoms with Gasteiger partial charge in [0.2, 0.25) is 0 Å². The molecule has 1 saturated heterocycles. The van der Waals surface area contributed by atoms with E-state index in [1.54, 1.807) is 72.9 Å². The maximum Gasteiger partial charge on any atom is 0.255 e. The number of hydrogen-bond donors (Lipinski definition) is 3. The van der Waals surface area contributed by atoms with Gasteiger partial charge in [0.25, 0.3) is 17.7 Å². The molecule has 2 fully saturated rings. The highest BCUT2D eigenvalue weighted by molar-refractivity contribution is 6.07. The standard InChI is InChI=1S/C31H36N6O4/c1-41-26-6-2-4-21(18-26)30(39)35-27-19-22(29(38)34-25-10-8-24(32)9-11-25)7-12-28(27)36-14-16-37(17-15-36)31(40)23-5-3-13-33-20-23/h2-7,12-13,18-20,24-25H,8-11,14-17,32H2,1H3,(H,34,38)(H,35,39). The smallest absolute Gasteiger partial charge is 0.255 e.